The van der Waals surface area contributed by atoms with Gasteiger partial charge in [0.2, 0.25) is 0 Å². The van der Waals surface area contributed by atoms with Crippen LogP contribution in [0.1, 0.15) is 22.3 Å². The Bertz CT molecular complexity index is 405. The van der Waals surface area contributed by atoms with E-state index < -0.39 is 0 Å². The second kappa shape index (κ2) is 5.47. The van der Waals surface area contributed by atoms with Crippen molar-refractivity contribution in [2.45, 2.75) is 19.4 Å². The molecule has 1 atom stereocenters. The number of amides is 1. The lowest BCUT2D eigenvalue weighted by atomic mass is 10.1. The Morgan fingerprint density at radius 3 is 2.71 bits per heavy atom. The maximum Gasteiger partial charge on any atom is 0.254 e. The molecular weight excluding hydrogens is 243 g/mol. The third kappa shape index (κ3) is 3.17. The number of rotatable bonds is 1. The molecule has 17 heavy (non-hydrogen) atoms. The molecule has 0 saturated carbocycles. The summed E-state index contributed by atoms with van der Waals surface area (Å²) in [7, 11) is 0. The minimum Gasteiger partial charge on any atom is -0.337 e. The maximum atomic E-state index is 13.2. The molecule has 2 N–H and O–H groups in total. The number of nitrogens with zero attached hydrogens (tertiary/aromatic N) is 1. The van der Waals surface area contributed by atoms with Crippen molar-refractivity contribution < 1.29 is 9.18 Å². The van der Waals surface area contributed by atoms with Crippen molar-refractivity contribution in [1.29, 1.82) is 0 Å². The van der Waals surface area contributed by atoms with Crippen molar-refractivity contribution >= 4 is 18.3 Å². The number of benzene rings is 1. The molecule has 1 saturated heterocycles. The first kappa shape index (κ1) is 13.9. The van der Waals surface area contributed by atoms with Crippen LogP contribution in [0.15, 0.2) is 18.2 Å². The van der Waals surface area contributed by atoms with Crippen LogP contribution < -0.4 is 5.73 Å². The van der Waals surface area contributed by atoms with Crippen LogP contribution in [0.5, 0.6) is 0 Å². The summed E-state index contributed by atoms with van der Waals surface area (Å²) in [5, 5.41) is 0. The zero-order valence-electron chi connectivity index (χ0n) is 9.65. The molecular formula is C12H16ClFN2O. The summed E-state index contributed by atoms with van der Waals surface area (Å²) in [5.74, 6) is -0.498. The fraction of sp³-hybridized carbons (Fsp3) is 0.417. The molecule has 1 heterocycles. The van der Waals surface area contributed by atoms with E-state index in [9.17, 15) is 9.18 Å². The molecule has 94 valence electrons. The summed E-state index contributed by atoms with van der Waals surface area (Å²) in [6.07, 6.45) is 0.819. The summed E-state index contributed by atoms with van der Waals surface area (Å²) in [6, 6.07) is 4.44. The van der Waals surface area contributed by atoms with Gasteiger partial charge in [-0.3, -0.25) is 4.79 Å². The molecule has 0 bridgehead atoms. The molecule has 1 fully saturated rings. The number of nitrogens with two attached hydrogens (primary N) is 1. The van der Waals surface area contributed by atoms with Gasteiger partial charge in [-0.15, -0.1) is 12.4 Å². The molecule has 5 heteroatoms. The molecule has 0 unspecified atom stereocenters. The number of halogens is 2. The largest absolute Gasteiger partial charge is 0.337 e. The molecule has 1 amide bonds. The number of aryl methyl sites for hydroxylation is 1. The highest BCUT2D eigenvalue weighted by Gasteiger charge is 2.24. The Hall–Kier alpha value is -1.13. The van der Waals surface area contributed by atoms with Crippen LogP contribution in [0.3, 0.4) is 0 Å². The first-order valence-corrected chi connectivity index (χ1v) is 5.38. The number of carbonyl (C=O) groups excluding carboxylic acids is 1. The molecule has 2 rings (SSSR count). The topological polar surface area (TPSA) is 46.3 Å². The number of carbonyl (C=O) groups is 1. The fourth-order valence-electron chi connectivity index (χ4n) is 2.01. The van der Waals surface area contributed by atoms with E-state index in [1.165, 1.54) is 12.1 Å². The van der Waals surface area contributed by atoms with Gasteiger partial charge in [-0.05, 0) is 37.1 Å². The van der Waals surface area contributed by atoms with Crippen LogP contribution in [0.25, 0.3) is 0 Å². The molecule has 1 aliphatic rings. The number of hydrogen-bond acceptors (Lipinski definition) is 2. The van der Waals surface area contributed by atoms with E-state index >= 15 is 0 Å². The van der Waals surface area contributed by atoms with Gasteiger partial charge in [0.05, 0.1) is 0 Å². The van der Waals surface area contributed by atoms with E-state index in [1.54, 1.807) is 17.9 Å². The van der Waals surface area contributed by atoms with Crippen molar-refractivity contribution in [1.82, 2.24) is 4.90 Å². The van der Waals surface area contributed by atoms with Crippen LogP contribution in [0.2, 0.25) is 0 Å². The lowest BCUT2D eigenvalue weighted by Gasteiger charge is -2.16. The van der Waals surface area contributed by atoms with E-state index in [0.717, 1.165) is 12.0 Å². The SMILES string of the molecule is Cc1cc(F)cc(C(=O)N2CC[C@@H](N)C2)c1.Cl. The second-order valence-electron chi connectivity index (χ2n) is 4.32. The minimum atomic E-state index is -0.369. The predicted molar refractivity (Wildman–Crippen MR) is 66.9 cm³/mol. The quantitative estimate of drug-likeness (QED) is 0.834. The molecule has 0 radical (unpaired) electrons. The molecule has 0 spiro atoms. The minimum absolute atomic E-state index is 0. The van der Waals surface area contributed by atoms with E-state index in [4.69, 9.17) is 5.73 Å². The van der Waals surface area contributed by atoms with Crippen molar-refractivity contribution in [2.75, 3.05) is 13.1 Å². The normalized spacial score (nSPS) is 19.0. The van der Waals surface area contributed by atoms with Gasteiger partial charge in [0, 0.05) is 24.7 Å². The fourth-order valence-corrected chi connectivity index (χ4v) is 2.01. The highest BCUT2D eigenvalue weighted by atomic mass is 35.5. The molecule has 3 nitrogen and oxygen atoms in total. The van der Waals surface area contributed by atoms with Crippen molar-refractivity contribution in [3.8, 4) is 0 Å². The van der Waals surface area contributed by atoms with Gasteiger partial charge in [0.25, 0.3) is 5.91 Å². The van der Waals surface area contributed by atoms with Gasteiger partial charge in [-0.25, -0.2) is 4.39 Å². The summed E-state index contributed by atoms with van der Waals surface area (Å²) in [5.41, 5.74) is 6.90. The first-order valence-electron chi connectivity index (χ1n) is 5.38. The number of likely N-dealkylation sites (tertiary alicyclic amines) is 1. The van der Waals surface area contributed by atoms with E-state index in [0.29, 0.717) is 18.7 Å². The summed E-state index contributed by atoms with van der Waals surface area (Å²) in [6.45, 7) is 3.00. The lowest BCUT2D eigenvalue weighted by Crippen LogP contribution is -2.31. The molecule has 0 aliphatic carbocycles. The highest BCUT2D eigenvalue weighted by Crippen LogP contribution is 2.15. The Labute approximate surface area is 106 Å². The lowest BCUT2D eigenvalue weighted by molar-refractivity contribution is 0.0790. The molecule has 1 aromatic rings. The van der Waals surface area contributed by atoms with Crippen molar-refractivity contribution in [3.63, 3.8) is 0 Å². The van der Waals surface area contributed by atoms with Crippen LogP contribution in [0.4, 0.5) is 4.39 Å². The predicted octanol–water partition coefficient (Wildman–Crippen LogP) is 1.73. The monoisotopic (exact) mass is 258 g/mol. The van der Waals surface area contributed by atoms with Crippen LogP contribution in [-0.4, -0.2) is 29.9 Å². The van der Waals surface area contributed by atoms with Crippen LogP contribution >= 0.6 is 12.4 Å². The third-order valence-corrected chi connectivity index (χ3v) is 2.80. The second-order valence-corrected chi connectivity index (χ2v) is 4.32. The number of hydrogen-bond donors (Lipinski definition) is 1. The van der Waals surface area contributed by atoms with Gasteiger partial charge in [-0.2, -0.15) is 0 Å². The van der Waals surface area contributed by atoms with Gasteiger partial charge in [-0.1, -0.05) is 0 Å². The Balaban J connectivity index is 0.00000144. The Morgan fingerprint density at radius 2 is 2.18 bits per heavy atom. The summed E-state index contributed by atoms with van der Waals surface area (Å²) >= 11 is 0. The van der Waals surface area contributed by atoms with E-state index in [1.807, 2.05) is 0 Å². The van der Waals surface area contributed by atoms with Gasteiger partial charge in [0.15, 0.2) is 0 Å². The first-order chi connectivity index (χ1) is 7.56. The zero-order valence-corrected chi connectivity index (χ0v) is 10.5. The smallest absolute Gasteiger partial charge is 0.254 e. The summed E-state index contributed by atoms with van der Waals surface area (Å²) in [4.78, 5) is 13.7. The molecule has 1 aliphatic heterocycles. The third-order valence-electron chi connectivity index (χ3n) is 2.80. The van der Waals surface area contributed by atoms with Crippen molar-refractivity contribution in [2.24, 2.45) is 5.73 Å². The zero-order chi connectivity index (χ0) is 11.7. The maximum absolute atomic E-state index is 13.2. The van der Waals surface area contributed by atoms with Crippen LogP contribution in [-0.2, 0) is 0 Å². The van der Waals surface area contributed by atoms with E-state index in [-0.39, 0.29) is 30.2 Å². The Kier molecular flexibility index (Phi) is 4.48. The van der Waals surface area contributed by atoms with E-state index in [2.05, 4.69) is 0 Å². The standard InChI is InChI=1S/C12H15FN2O.ClH/c1-8-4-9(6-10(13)5-8)12(16)15-3-2-11(14)7-15;/h4-6,11H,2-3,7,14H2,1H3;1H/t11-;/m1./s1. The summed E-state index contributed by atoms with van der Waals surface area (Å²) < 4.78 is 13.2. The molecule has 1 aromatic carbocycles. The van der Waals surface area contributed by atoms with Crippen molar-refractivity contribution in [3.05, 3.63) is 35.1 Å². The highest BCUT2D eigenvalue weighted by molar-refractivity contribution is 5.94. The average Bonchev–Trinajstić information content (AvgIpc) is 2.62. The van der Waals surface area contributed by atoms with Gasteiger partial charge >= 0.3 is 0 Å². The van der Waals surface area contributed by atoms with Crippen LogP contribution in [0, 0.1) is 12.7 Å². The molecule has 0 aromatic heterocycles. The van der Waals surface area contributed by atoms with Gasteiger partial charge in [0.1, 0.15) is 5.82 Å². The Morgan fingerprint density at radius 1 is 1.47 bits per heavy atom. The average molecular weight is 259 g/mol. The van der Waals surface area contributed by atoms with Gasteiger partial charge < -0.3 is 10.6 Å².